The number of rotatable bonds is 6. The second-order valence-corrected chi connectivity index (χ2v) is 9.98. The van der Waals surface area contributed by atoms with Crippen molar-refractivity contribution in [2.24, 2.45) is 0 Å². The van der Waals surface area contributed by atoms with E-state index < -0.39 is 5.54 Å². The first-order chi connectivity index (χ1) is 17.6. The van der Waals surface area contributed by atoms with Gasteiger partial charge >= 0.3 is 0 Å². The Hall–Kier alpha value is -3.42. The third-order valence-electron chi connectivity index (χ3n) is 8.05. The monoisotopic (exact) mass is 518 g/mol. The van der Waals surface area contributed by atoms with Gasteiger partial charge in [0, 0.05) is 41.8 Å². The van der Waals surface area contributed by atoms with Crippen molar-refractivity contribution in [2.45, 2.75) is 31.2 Å². The van der Waals surface area contributed by atoms with Crippen molar-refractivity contribution in [3.8, 4) is 0 Å². The van der Waals surface area contributed by atoms with Gasteiger partial charge in [0.15, 0.2) is 0 Å². The molecule has 0 saturated carbocycles. The van der Waals surface area contributed by atoms with Crippen molar-refractivity contribution < 1.29 is 14.4 Å². The van der Waals surface area contributed by atoms with Crippen LogP contribution in [0.1, 0.15) is 46.4 Å². The molecule has 8 heteroatoms. The minimum atomic E-state index is -0.473. The number of nitrogens with one attached hydrogen (secondary N) is 1. The molecular formula is C29H31ClN4O3. The van der Waals surface area contributed by atoms with Gasteiger partial charge in [-0.2, -0.15) is 0 Å². The highest BCUT2D eigenvalue weighted by atomic mass is 35.5. The number of carbonyl (C=O) groups excluding carboxylic acids is 3. The molecule has 2 saturated heterocycles. The number of unbranched alkanes of at least 4 members (excludes halogenated alkanes) is 1. The molecule has 1 spiro atoms. The molecule has 37 heavy (non-hydrogen) atoms. The Morgan fingerprint density at radius 1 is 0.757 bits per heavy atom. The molecule has 3 aromatic rings. The van der Waals surface area contributed by atoms with Crippen molar-refractivity contribution in [1.29, 1.82) is 0 Å². The number of benzene rings is 3. The molecule has 0 unspecified atom stereocenters. The number of amides is 3. The number of hydrogen-bond donors (Lipinski definition) is 1. The molecule has 0 radical (unpaired) electrons. The summed E-state index contributed by atoms with van der Waals surface area (Å²) in [6.45, 7) is 3.58. The number of nitrogens with zero attached hydrogens (tertiary/aromatic N) is 3. The summed E-state index contributed by atoms with van der Waals surface area (Å²) in [7, 11) is 0. The minimum absolute atomic E-state index is 0. The molecule has 3 aliphatic rings. The van der Waals surface area contributed by atoms with Crippen molar-refractivity contribution in [3.63, 3.8) is 0 Å². The van der Waals surface area contributed by atoms with Crippen LogP contribution in [0.5, 0.6) is 0 Å². The van der Waals surface area contributed by atoms with E-state index in [-0.39, 0.29) is 30.1 Å². The molecule has 3 aliphatic heterocycles. The van der Waals surface area contributed by atoms with Crippen LogP contribution >= 0.6 is 12.4 Å². The zero-order valence-corrected chi connectivity index (χ0v) is 21.5. The van der Waals surface area contributed by atoms with Gasteiger partial charge in [-0.1, -0.05) is 42.5 Å². The fourth-order valence-corrected chi connectivity index (χ4v) is 6.07. The van der Waals surface area contributed by atoms with Crippen LogP contribution in [-0.4, -0.2) is 65.9 Å². The lowest BCUT2D eigenvalue weighted by atomic mass is 9.85. The molecule has 0 atom stereocenters. The van der Waals surface area contributed by atoms with Gasteiger partial charge in [-0.15, -0.1) is 12.4 Å². The average molecular weight is 519 g/mol. The second kappa shape index (κ2) is 10.1. The Kier molecular flexibility index (Phi) is 6.92. The first-order valence-corrected chi connectivity index (χ1v) is 12.8. The van der Waals surface area contributed by atoms with Gasteiger partial charge in [-0.05, 0) is 61.9 Å². The van der Waals surface area contributed by atoms with Crippen LogP contribution in [0.4, 0.5) is 5.69 Å². The fraction of sp³-hybridized carbons (Fsp3) is 0.345. The van der Waals surface area contributed by atoms with Gasteiger partial charge < -0.3 is 15.1 Å². The number of piperidine rings is 1. The van der Waals surface area contributed by atoms with Crippen LogP contribution < -0.4 is 10.2 Å². The topological polar surface area (TPSA) is 73.0 Å². The van der Waals surface area contributed by atoms with Crippen LogP contribution in [0.15, 0.2) is 66.7 Å². The van der Waals surface area contributed by atoms with Gasteiger partial charge in [0.25, 0.3) is 11.8 Å². The maximum absolute atomic E-state index is 13.1. The van der Waals surface area contributed by atoms with Gasteiger partial charge in [0.1, 0.15) is 5.54 Å². The quantitative estimate of drug-likeness (QED) is 0.393. The van der Waals surface area contributed by atoms with Crippen molar-refractivity contribution in [1.82, 2.24) is 15.1 Å². The average Bonchev–Trinajstić information content (AvgIpc) is 3.23. The Bertz CT molecular complexity index is 1290. The fourth-order valence-electron chi connectivity index (χ4n) is 6.07. The molecule has 0 aromatic heterocycles. The molecule has 3 heterocycles. The Balaban J connectivity index is 0.00000280. The number of anilines is 1. The summed E-state index contributed by atoms with van der Waals surface area (Å²) >= 11 is 0. The molecule has 6 rings (SSSR count). The number of halogens is 1. The highest BCUT2D eigenvalue weighted by Crippen LogP contribution is 2.36. The highest BCUT2D eigenvalue weighted by Gasteiger charge is 2.50. The molecule has 2 fully saturated rings. The lowest BCUT2D eigenvalue weighted by Gasteiger charge is -2.43. The van der Waals surface area contributed by atoms with Crippen LogP contribution in [0.2, 0.25) is 0 Å². The van der Waals surface area contributed by atoms with Crippen molar-refractivity contribution in [2.75, 3.05) is 37.7 Å². The van der Waals surface area contributed by atoms with E-state index in [4.69, 9.17) is 0 Å². The Morgan fingerprint density at radius 3 is 2.03 bits per heavy atom. The Labute approximate surface area is 222 Å². The Morgan fingerprint density at radius 2 is 1.38 bits per heavy atom. The maximum Gasteiger partial charge on any atom is 0.261 e. The summed E-state index contributed by atoms with van der Waals surface area (Å²) in [5.41, 5.74) is 1.83. The number of imide groups is 1. The second-order valence-electron chi connectivity index (χ2n) is 9.98. The molecule has 1 N–H and O–H groups in total. The molecule has 0 bridgehead atoms. The summed E-state index contributed by atoms with van der Waals surface area (Å²) in [4.78, 5) is 45.0. The van der Waals surface area contributed by atoms with Crippen molar-refractivity contribution in [3.05, 3.63) is 77.9 Å². The standard InChI is InChI=1S/C29H30N4O3.ClH/c34-26-23-12-6-8-21-9-7-13-24(25(21)23)27(35)32(26)17-5-4-16-31-18-14-29(15-19-31)28(36)30-20-33(29)22-10-2-1-3-11-22;/h1-3,6-13H,4-5,14-20H2,(H,30,36);1H. The summed E-state index contributed by atoms with van der Waals surface area (Å²) in [6.07, 6.45) is 3.23. The minimum Gasteiger partial charge on any atom is -0.339 e. The van der Waals surface area contributed by atoms with Gasteiger partial charge in [0.2, 0.25) is 5.91 Å². The molecular weight excluding hydrogens is 488 g/mol. The number of para-hydroxylation sites is 1. The van der Waals surface area contributed by atoms with E-state index in [1.54, 1.807) is 0 Å². The smallest absolute Gasteiger partial charge is 0.261 e. The third-order valence-corrected chi connectivity index (χ3v) is 8.05. The van der Waals surface area contributed by atoms with Crippen LogP contribution in [0.25, 0.3) is 10.8 Å². The van der Waals surface area contributed by atoms with E-state index in [2.05, 4.69) is 27.2 Å². The number of carbonyl (C=O) groups is 3. The zero-order chi connectivity index (χ0) is 24.7. The first-order valence-electron chi connectivity index (χ1n) is 12.8. The highest BCUT2D eigenvalue weighted by molar-refractivity contribution is 6.25. The van der Waals surface area contributed by atoms with E-state index in [0.29, 0.717) is 24.3 Å². The van der Waals surface area contributed by atoms with E-state index in [1.165, 1.54) is 4.90 Å². The lowest BCUT2D eigenvalue weighted by Crippen LogP contribution is -2.56. The van der Waals surface area contributed by atoms with Gasteiger partial charge in [-0.3, -0.25) is 19.3 Å². The van der Waals surface area contributed by atoms with Gasteiger partial charge in [-0.25, -0.2) is 0 Å². The molecule has 192 valence electrons. The summed E-state index contributed by atoms with van der Waals surface area (Å²) < 4.78 is 0. The third kappa shape index (κ3) is 4.26. The number of hydrogen-bond acceptors (Lipinski definition) is 5. The molecule has 3 amide bonds. The van der Waals surface area contributed by atoms with Gasteiger partial charge in [0.05, 0.1) is 6.67 Å². The lowest BCUT2D eigenvalue weighted by molar-refractivity contribution is -0.125. The summed E-state index contributed by atoms with van der Waals surface area (Å²) in [5.74, 6) is -0.265. The maximum atomic E-state index is 13.1. The largest absolute Gasteiger partial charge is 0.339 e. The predicted molar refractivity (Wildman–Crippen MR) is 146 cm³/mol. The zero-order valence-electron chi connectivity index (χ0n) is 20.7. The summed E-state index contributed by atoms with van der Waals surface area (Å²) in [6, 6.07) is 21.4. The normalized spacial score (nSPS) is 18.9. The SMILES string of the molecule is Cl.O=C1c2cccc3cccc(c23)C(=O)N1CCCCN1CCC2(CC1)C(=O)NCN2c1ccccc1. The van der Waals surface area contributed by atoms with E-state index >= 15 is 0 Å². The van der Waals surface area contributed by atoms with Crippen LogP contribution in [0, 0.1) is 0 Å². The van der Waals surface area contributed by atoms with Crippen molar-refractivity contribution >= 4 is 46.6 Å². The van der Waals surface area contributed by atoms with E-state index in [1.807, 2.05) is 54.6 Å². The summed E-state index contributed by atoms with van der Waals surface area (Å²) in [5, 5.41) is 4.75. The molecule has 3 aromatic carbocycles. The predicted octanol–water partition coefficient (Wildman–Crippen LogP) is 4.07. The van der Waals surface area contributed by atoms with Crippen LogP contribution in [0.3, 0.4) is 0 Å². The van der Waals surface area contributed by atoms with E-state index in [0.717, 1.165) is 61.8 Å². The first kappa shape index (κ1) is 25.2. The van der Waals surface area contributed by atoms with Crippen LogP contribution in [-0.2, 0) is 4.79 Å². The molecule has 7 nitrogen and oxygen atoms in total. The molecule has 0 aliphatic carbocycles. The van der Waals surface area contributed by atoms with E-state index in [9.17, 15) is 14.4 Å². The number of likely N-dealkylation sites (tertiary alicyclic amines) is 1.